The number of nitrogen functional groups attached to an aromatic ring is 1. The van der Waals surface area contributed by atoms with E-state index in [2.05, 4.69) is 10.3 Å². The van der Waals surface area contributed by atoms with Crippen molar-refractivity contribution in [2.45, 2.75) is 6.92 Å². The standard InChI is InChI=1S/C11H9F2N3OS/c1-5-9(18-11(14)15-5)10(17)16-8-3-6(12)2-7(13)4-8/h2-4H,1H3,(H2,14,15)(H,16,17). The molecule has 4 nitrogen and oxygen atoms in total. The van der Waals surface area contributed by atoms with E-state index in [1.54, 1.807) is 6.92 Å². The van der Waals surface area contributed by atoms with E-state index in [0.29, 0.717) is 10.6 Å². The smallest absolute Gasteiger partial charge is 0.267 e. The van der Waals surface area contributed by atoms with Gasteiger partial charge in [-0.25, -0.2) is 13.8 Å². The van der Waals surface area contributed by atoms with Gasteiger partial charge in [-0.05, 0) is 19.1 Å². The Hall–Kier alpha value is -2.02. The average Bonchev–Trinajstić information content (AvgIpc) is 2.56. The van der Waals surface area contributed by atoms with Crippen molar-refractivity contribution in [2.24, 2.45) is 0 Å². The molecule has 2 rings (SSSR count). The van der Waals surface area contributed by atoms with Crippen molar-refractivity contribution in [3.05, 3.63) is 40.4 Å². The molecule has 0 atom stereocenters. The molecule has 3 N–H and O–H groups in total. The Balaban J connectivity index is 2.23. The number of nitrogens with one attached hydrogen (secondary N) is 1. The highest BCUT2D eigenvalue weighted by molar-refractivity contribution is 7.17. The fourth-order valence-electron chi connectivity index (χ4n) is 1.44. The van der Waals surface area contributed by atoms with E-state index < -0.39 is 17.5 Å². The number of nitrogens with two attached hydrogens (primary N) is 1. The van der Waals surface area contributed by atoms with Crippen molar-refractivity contribution in [1.82, 2.24) is 4.98 Å². The van der Waals surface area contributed by atoms with Crippen molar-refractivity contribution >= 4 is 28.1 Å². The number of amides is 1. The van der Waals surface area contributed by atoms with Crippen LogP contribution in [0, 0.1) is 18.6 Å². The molecule has 0 aliphatic heterocycles. The maximum absolute atomic E-state index is 12.9. The molecular weight excluding hydrogens is 260 g/mol. The summed E-state index contributed by atoms with van der Waals surface area (Å²) in [6.07, 6.45) is 0. The van der Waals surface area contributed by atoms with E-state index >= 15 is 0 Å². The number of aromatic nitrogens is 1. The lowest BCUT2D eigenvalue weighted by Gasteiger charge is -2.04. The average molecular weight is 269 g/mol. The number of aryl methyl sites for hydroxylation is 1. The van der Waals surface area contributed by atoms with Gasteiger partial charge < -0.3 is 11.1 Å². The molecule has 0 bridgehead atoms. The van der Waals surface area contributed by atoms with Crippen LogP contribution in [0.15, 0.2) is 18.2 Å². The maximum Gasteiger partial charge on any atom is 0.267 e. The van der Waals surface area contributed by atoms with Gasteiger partial charge in [0.25, 0.3) is 5.91 Å². The highest BCUT2D eigenvalue weighted by Gasteiger charge is 2.14. The number of anilines is 2. The molecule has 0 fully saturated rings. The van der Waals surface area contributed by atoms with Crippen LogP contribution in [0.25, 0.3) is 0 Å². The normalized spacial score (nSPS) is 10.4. The summed E-state index contributed by atoms with van der Waals surface area (Å²) in [5.74, 6) is -2.01. The van der Waals surface area contributed by atoms with Crippen molar-refractivity contribution in [1.29, 1.82) is 0 Å². The van der Waals surface area contributed by atoms with Crippen molar-refractivity contribution in [3.63, 3.8) is 0 Å². The molecule has 18 heavy (non-hydrogen) atoms. The van der Waals surface area contributed by atoms with Crippen LogP contribution in [0.4, 0.5) is 19.6 Å². The lowest BCUT2D eigenvalue weighted by molar-refractivity contribution is 0.103. The van der Waals surface area contributed by atoms with Gasteiger partial charge in [-0.15, -0.1) is 0 Å². The zero-order valence-corrected chi connectivity index (χ0v) is 10.1. The van der Waals surface area contributed by atoms with Gasteiger partial charge in [-0.1, -0.05) is 11.3 Å². The molecule has 0 saturated carbocycles. The molecular formula is C11H9F2N3OS. The Labute approximate surface area is 105 Å². The van der Waals surface area contributed by atoms with Crippen LogP contribution in [-0.4, -0.2) is 10.9 Å². The predicted molar refractivity (Wildman–Crippen MR) is 65.6 cm³/mol. The number of halogens is 2. The first-order valence-electron chi connectivity index (χ1n) is 4.96. The molecule has 0 radical (unpaired) electrons. The molecule has 1 heterocycles. The second-order valence-corrected chi connectivity index (χ2v) is 4.61. The van der Waals surface area contributed by atoms with E-state index in [0.717, 1.165) is 29.5 Å². The van der Waals surface area contributed by atoms with Gasteiger partial charge in [0.1, 0.15) is 16.5 Å². The van der Waals surface area contributed by atoms with Crippen molar-refractivity contribution in [3.8, 4) is 0 Å². The third kappa shape index (κ3) is 2.62. The second kappa shape index (κ2) is 4.69. The lowest BCUT2D eigenvalue weighted by atomic mass is 10.3. The number of hydrogen-bond donors (Lipinski definition) is 2. The third-order valence-corrected chi connectivity index (χ3v) is 3.13. The number of carbonyl (C=O) groups excluding carboxylic acids is 1. The van der Waals surface area contributed by atoms with E-state index in [9.17, 15) is 13.6 Å². The third-order valence-electron chi connectivity index (χ3n) is 2.14. The Morgan fingerprint density at radius 2 is 1.94 bits per heavy atom. The highest BCUT2D eigenvalue weighted by atomic mass is 32.1. The molecule has 0 saturated heterocycles. The molecule has 2 aromatic rings. The number of carbonyl (C=O) groups is 1. The first kappa shape index (κ1) is 12.4. The summed E-state index contributed by atoms with van der Waals surface area (Å²) in [4.78, 5) is 16.0. The van der Waals surface area contributed by atoms with Gasteiger partial charge in [0, 0.05) is 11.8 Å². The minimum absolute atomic E-state index is 0.0453. The Kier molecular flexibility index (Phi) is 3.24. The lowest BCUT2D eigenvalue weighted by Crippen LogP contribution is -2.11. The quantitative estimate of drug-likeness (QED) is 0.880. The summed E-state index contributed by atoms with van der Waals surface area (Å²) < 4.78 is 25.9. The highest BCUT2D eigenvalue weighted by Crippen LogP contribution is 2.21. The van der Waals surface area contributed by atoms with Gasteiger partial charge in [-0.2, -0.15) is 0 Å². The summed E-state index contributed by atoms with van der Waals surface area (Å²) >= 11 is 1.02. The van der Waals surface area contributed by atoms with E-state index in [4.69, 9.17) is 5.73 Å². The minimum atomic E-state index is -0.758. The van der Waals surface area contributed by atoms with Gasteiger partial charge in [0.2, 0.25) is 0 Å². The molecule has 1 aromatic heterocycles. The Morgan fingerprint density at radius 1 is 1.33 bits per heavy atom. The van der Waals surface area contributed by atoms with E-state index in [-0.39, 0.29) is 10.8 Å². The van der Waals surface area contributed by atoms with Gasteiger partial charge >= 0.3 is 0 Å². The van der Waals surface area contributed by atoms with Crippen LogP contribution < -0.4 is 11.1 Å². The Morgan fingerprint density at radius 3 is 2.44 bits per heavy atom. The zero-order chi connectivity index (χ0) is 13.3. The molecule has 94 valence electrons. The number of thiazole rings is 1. The van der Waals surface area contributed by atoms with Crippen LogP contribution in [0.3, 0.4) is 0 Å². The van der Waals surface area contributed by atoms with Gasteiger partial charge in [-0.3, -0.25) is 4.79 Å². The molecule has 0 aliphatic carbocycles. The maximum atomic E-state index is 12.9. The summed E-state index contributed by atoms with van der Waals surface area (Å²) in [5, 5.41) is 2.66. The zero-order valence-electron chi connectivity index (χ0n) is 9.33. The predicted octanol–water partition coefficient (Wildman–Crippen LogP) is 2.56. The molecule has 0 spiro atoms. The fourth-order valence-corrected chi connectivity index (χ4v) is 2.17. The molecule has 0 unspecified atom stereocenters. The largest absolute Gasteiger partial charge is 0.375 e. The first-order chi connectivity index (χ1) is 8.45. The summed E-state index contributed by atoms with van der Waals surface area (Å²) in [5.41, 5.74) is 5.99. The Bertz CT molecular complexity index is 592. The first-order valence-corrected chi connectivity index (χ1v) is 5.77. The van der Waals surface area contributed by atoms with Crippen LogP contribution in [0.2, 0.25) is 0 Å². The molecule has 0 aliphatic rings. The minimum Gasteiger partial charge on any atom is -0.375 e. The summed E-state index contributed by atoms with van der Waals surface area (Å²) in [7, 11) is 0. The van der Waals surface area contributed by atoms with Crippen LogP contribution in [-0.2, 0) is 0 Å². The second-order valence-electron chi connectivity index (χ2n) is 3.58. The van der Waals surface area contributed by atoms with Crippen molar-refractivity contribution < 1.29 is 13.6 Å². The van der Waals surface area contributed by atoms with E-state index in [1.807, 2.05) is 0 Å². The topological polar surface area (TPSA) is 68.0 Å². The number of hydrogen-bond acceptors (Lipinski definition) is 4. The number of nitrogens with zero attached hydrogens (tertiary/aromatic N) is 1. The molecule has 7 heteroatoms. The fraction of sp³-hybridized carbons (Fsp3) is 0.0909. The molecule has 1 aromatic carbocycles. The van der Waals surface area contributed by atoms with Crippen LogP contribution in [0.1, 0.15) is 15.4 Å². The van der Waals surface area contributed by atoms with Gasteiger partial charge in [0.15, 0.2) is 5.13 Å². The SMILES string of the molecule is Cc1nc(N)sc1C(=O)Nc1cc(F)cc(F)c1. The van der Waals surface area contributed by atoms with Crippen molar-refractivity contribution in [2.75, 3.05) is 11.1 Å². The summed E-state index contributed by atoms with van der Waals surface area (Å²) in [6.45, 7) is 1.63. The molecule has 1 amide bonds. The number of benzene rings is 1. The summed E-state index contributed by atoms with van der Waals surface area (Å²) in [6, 6.07) is 2.78. The van der Waals surface area contributed by atoms with E-state index in [1.165, 1.54) is 0 Å². The van der Waals surface area contributed by atoms with Gasteiger partial charge in [0.05, 0.1) is 5.69 Å². The number of rotatable bonds is 2. The van der Waals surface area contributed by atoms with Crippen LogP contribution in [0.5, 0.6) is 0 Å². The monoisotopic (exact) mass is 269 g/mol. The van der Waals surface area contributed by atoms with Crippen LogP contribution >= 0.6 is 11.3 Å².